The van der Waals surface area contributed by atoms with E-state index in [2.05, 4.69) is 6.07 Å². The van der Waals surface area contributed by atoms with Gasteiger partial charge in [0.05, 0.1) is 11.6 Å². The Morgan fingerprint density at radius 1 is 1.27 bits per heavy atom. The van der Waals surface area contributed by atoms with Crippen molar-refractivity contribution in [3.8, 4) is 6.07 Å². The summed E-state index contributed by atoms with van der Waals surface area (Å²) in [6.07, 6.45) is 2.80. The molecule has 22 heavy (non-hydrogen) atoms. The van der Waals surface area contributed by atoms with Gasteiger partial charge in [-0.15, -0.1) is 0 Å². The Morgan fingerprint density at radius 3 is 2.36 bits per heavy atom. The number of hydrogen-bond donors (Lipinski definition) is 0. The molecule has 1 fully saturated rings. The fraction of sp³-hybridized carbons (Fsp3) is 0.556. The second kappa shape index (κ2) is 6.83. The summed E-state index contributed by atoms with van der Waals surface area (Å²) in [5.41, 5.74) is 1.52. The quantitative estimate of drug-likeness (QED) is 0.836. The van der Waals surface area contributed by atoms with Gasteiger partial charge in [0.25, 0.3) is 0 Å². The van der Waals surface area contributed by atoms with E-state index in [9.17, 15) is 4.79 Å². The summed E-state index contributed by atoms with van der Waals surface area (Å²) in [5, 5.41) is 8.81. The summed E-state index contributed by atoms with van der Waals surface area (Å²) in [6.45, 7) is 7.19. The minimum atomic E-state index is -0.434. The largest absolute Gasteiger partial charge is 0.444 e. The van der Waals surface area contributed by atoms with Crippen molar-refractivity contribution in [2.24, 2.45) is 5.92 Å². The van der Waals surface area contributed by atoms with Gasteiger partial charge in [0.15, 0.2) is 0 Å². The molecule has 2 rings (SSSR count). The Kier molecular flexibility index (Phi) is 5.07. The zero-order valence-corrected chi connectivity index (χ0v) is 13.6. The monoisotopic (exact) mass is 300 g/mol. The van der Waals surface area contributed by atoms with E-state index in [4.69, 9.17) is 10.00 Å². The first-order chi connectivity index (χ1) is 10.4. The maximum atomic E-state index is 12.0. The van der Waals surface area contributed by atoms with Crippen LogP contribution in [-0.2, 0) is 11.2 Å². The molecule has 118 valence electrons. The third-order valence-electron chi connectivity index (χ3n) is 3.87. The van der Waals surface area contributed by atoms with Crippen LogP contribution in [0, 0.1) is 17.2 Å². The van der Waals surface area contributed by atoms with Crippen molar-refractivity contribution in [3.63, 3.8) is 0 Å². The van der Waals surface area contributed by atoms with Crippen LogP contribution in [-0.4, -0.2) is 29.7 Å². The lowest BCUT2D eigenvalue weighted by atomic mass is 9.90. The van der Waals surface area contributed by atoms with Crippen LogP contribution in [0.15, 0.2) is 24.3 Å². The molecule has 1 heterocycles. The van der Waals surface area contributed by atoms with Crippen LogP contribution in [0.2, 0.25) is 0 Å². The molecule has 0 N–H and O–H groups in total. The molecule has 0 saturated carbocycles. The summed E-state index contributed by atoms with van der Waals surface area (Å²) in [6, 6.07) is 9.92. The van der Waals surface area contributed by atoms with Crippen LogP contribution in [0.4, 0.5) is 4.79 Å². The number of nitriles is 1. The second-order valence-corrected chi connectivity index (χ2v) is 6.92. The fourth-order valence-corrected chi connectivity index (χ4v) is 2.69. The molecular weight excluding hydrogens is 276 g/mol. The van der Waals surface area contributed by atoms with Crippen LogP contribution in [0.25, 0.3) is 0 Å². The van der Waals surface area contributed by atoms with Crippen LogP contribution in [0.3, 0.4) is 0 Å². The van der Waals surface area contributed by atoms with Crippen molar-refractivity contribution in [2.75, 3.05) is 13.1 Å². The molecule has 1 aromatic carbocycles. The molecule has 0 bridgehead atoms. The molecule has 1 saturated heterocycles. The number of rotatable bonds is 2. The number of piperidine rings is 1. The maximum Gasteiger partial charge on any atom is 0.410 e. The summed E-state index contributed by atoms with van der Waals surface area (Å²) in [5.74, 6) is 0.589. The Balaban J connectivity index is 1.82. The molecule has 0 aliphatic carbocycles. The summed E-state index contributed by atoms with van der Waals surface area (Å²) >= 11 is 0. The highest BCUT2D eigenvalue weighted by Crippen LogP contribution is 2.23. The van der Waals surface area contributed by atoms with Crippen molar-refractivity contribution < 1.29 is 9.53 Å². The highest BCUT2D eigenvalue weighted by atomic mass is 16.6. The number of amides is 1. The lowest BCUT2D eigenvalue weighted by Crippen LogP contribution is -2.42. The lowest BCUT2D eigenvalue weighted by molar-refractivity contribution is 0.0184. The molecule has 0 spiro atoms. The number of likely N-dealkylation sites (tertiary alicyclic amines) is 1. The zero-order chi connectivity index (χ0) is 16.2. The minimum Gasteiger partial charge on any atom is -0.444 e. The molecule has 4 nitrogen and oxygen atoms in total. The highest BCUT2D eigenvalue weighted by Gasteiger charge is 2.26. The van der Waals surface area contributed by atoms with Crippen LogP contribution in [0.5, 0.6) is 0 Å². The first-order valence-electron chi connectivity index (χ1n) is 7.84. The predicted octanol–water partition coefficient (Wildman–Crippen LogP) is 3.75. The average molecular weight is 300 g/mol. The van der Waals surface area contributed by atoms with Gasteiger partial charge < -0.3 is 9.64 Å². The van der Waals surface area contributed by atoms with E-state index in [1.54, 1.807) is 4.90 Å². The fourth-order valence-electron chi connectivity index (χ4n) is 2.69. The summed E-state index contributed by atoms with van der Waals surface area (Å²) in [7, 11) is 0. The molecule has 1 aliphatic heterocycles. The Bertz CT molecular complexity index is 544. The maximum absolute atomic E-state index is 12.0. The molecule has 1 aromatic rings. The average Bonchev–Trinajstić information content (AvgIpc) is 2.47. The van der Waals surface area contributed by atoms with E-state index in [-0.39, 0.29) is 6.09 Å². The van der Waals surface area contributed by atoms with Crippen molar-refractivity contribution in [1.82, 2.24) is 4.90 Å². The van der Waals surface area contributed by atoms with Gasteiger partial charge in [0.2, 0.25) is 0 Å². The number of nitrogens with zero attached hydrogens (tertiary/aromatic N) is 2. The van der Waals surface area contributed by atoms with Crippen LogP contribution in [0.1, 0.15) is 44.7 Å². The van der Waals surface area contributed by atoms with Crippen molar-refractivity contribution in [2.45, 2.75) is 45.6 Å². The van der Waals surface area contributed by atoms with Gasteiger partial charge in [0.1, 0.15) is 5.60 Å². The number of ether oxygens (including phenoxy) is 1. The minimum absolute atomic E-state index is 0.204. The van der Waals surface area contributed by atoms with E-state index >= 15 is 0 Å². The van der Waals surface area contributed by atoms with Gasteiger partial charge in [-0.05, 0) is 63.6 Å². The molecule has 0 aromatic heterocycles. The molecule has 1 amide bonds. The molecule has 4 heteroatoms. The Labute approximate surface area is 132 Å². The van der Waals surface area contributed by atoms with Crippen LogP contribution >= 0.6 is 0 Å². The molecular formula is C18H24N2O2. The molecule has 0 atom stereocenters. The molecule has 1 aliphatic rings. The van der Waals surface area contributed by atoms with Gasteiger partial charge >= 0.3 is 6.09 Å². The first-order valence-corrected chi connectivity index (χ1v) is 7.84. The first kappa shape index (κ1) is 16.4. The Morgan fingerprint density at radius 2 is 1.86 bits per heavy atom. The standard InChI is InChI=1S/C18H24N2O2/c1-18(2,3)22-17(21)20-10-8-15(9-11-20)12-14-4-6-16(13-19)7-5-14/h4-7,15H,8-12H2,1-3H3. The Hall–Kier alpha value is -2.02. The molecule has 0 unspecified atom stereocenters. The van der Waals surface area contributed by atoms with E-state index in [1.807, 2.05) is 45.0 Å². The van der Waals surface area contributed by atoms with Gasteiger partial charge in [0, 0.05) is 13.1 Å². The van der Waals surface area contributed by atoms with E-state index < -0.39 is 5.60 Å². The van der Waals surface area contributed by atoms with Gasteiger partial charge in [-0.25, -0.2) is 4.79 Å². The van der Waals surface area contributed by atoms with Crippen molar-refractivity contribution in [1.29, 1.82) is 5.26 Å². The number of carbonyl (C=O) groups is 1. The molecule has 0 radical (unpaired) electrons. The number of benzene rings is 1. The highest BCUT2D eigenvalue weighted by molar-refractivity contribution is 5.68. The second-order valence-electron chi connectivity index (χ2n) is 6.92. The summed E-state index contributed by atoms with van der Waals surface area (Å²) in [4.78, 5) is 13.8. The summed E-state index contributed by atoms with van der Waals surface area (Å²) < 4.78 is 5.41. The van der Waals surface area contributed by atoms with Gasteiger partial charge in [-0.3, -0.25) is 0 Å². The van der Waals surface area contributed by atoms with Crippen molar-refractivity contribution >= 4 is 6.09 Å². The zero-order valence-electron chi connectivity index (χ0n) is 13.6. The lowest BCUT2D eigenvalue weighted by Gasteiger charge is -2.33. The van der Waals surface area contributed by atoms with E-state index in [0.717, 1.165) is 32.4 Å². The van der Waals surface area contributed by atoms with Gasteiger partial charge in [-0.2, -0.15) is 5.26 Å². The van der Waals surface area contributed by atoms with Crippen LogP contribution < -0.4 is 0 Å². The van der Waals surface area contributed by atoms with Crippen molar-refractivity contribution in [3.05, 3.63) is 35.4 Å². The predicted molar refractivity (Wildman–Crippen MR) is 85.4 cm³/mol. The third kappa shape index (κ3) is 4.77. The third-order valence-corrected chi connectivity index (χ3v) is 3.87. The van der Waals surface area contributed by atoms with E-state index in [0.29, 0.717) is 11.5 Å². The smallest absolute Gasteiger partial charge is 0.410 e. The SMILES string of the molecule is CC(C)(C)OC(=O)N1CCC(Cc2ccc(C#N)cc2)CC1. The normalized spacial score (nSPS) is 16.2. The number of hydrogen-bond acceptors (Lipinski definition) is 3. The van der Waals surface area contributed by atoms with Gasteiger partial charge in [-0.1, -0.05) is 12.1 Å². The number of carbonyl (C=O) groups excluding carboxylic acids is 1. The topological polar surface area (TPSA) is 53.3 Å². The van der Waals surface area contributed by atoms with E-state index in [1.165, 1.54) is 5.56 Å².